The molecule has 1 unspecified atom stereocenters. The largest absolute Gasteiger partial charge is 0.347 e. The maximum Gasteiger partial charge on any atom is 0.174 e. The van der Waals surface area contributed by atoms with Crippen molar-refractivity contribution in [3.8, 4) is 0 Å². The van der Waals surface area contributed by atoms with E-state index in [2.05, 4.69) is 34.6 Å². The van der Waals surface area contributed by atoms with E-state index in [0.29, 0.717) is 11.8 Å². The van der Waals surface area contributed by atoms with E-state index in [1.165, 1.54) is 135 Å². The minimum atomic E-state index is -0.396. The molecule has 0 aromatic heterocycles. The van der Waals surface area contributed by atoms with Crippen LogP contribution in [0, 0.1) is 17.8 Å². The zero-order valence-corrected chi connectivity index (χ0v) is 24.1. The summed E-state index contributed by atoms with van der Waals surface area (Å²) in [5.41, 5.74) is 0. The Kier molecular flexibility index (Phi) is 15.4. The predicted molar refractivity (Wildman–Crippen MR) is 148 cm³/mol. The van der Waals surface area contributed by atoms with Crippen LogP contribution in [0.1, 0.15) is 169 Å². The molecule has 2 saturated carbocycles. The predicted octanol–water partition coefficient (Wildman–Crippen LogP) is 10.6. The van der Waals surface area contributed by atoms with Crippen LogP contribution in [0.15, 0.2) is 0 Å². The molecule has 0 aromatic carbocycles. The number of hydrogen-bond acceptors (Lipinski definition) is 2. The molecule has 202 valence electrons. The highest BCUT2D eigenvalue weighted by Crippen LogP contribution is 2.48. The van der Waals surface area contributed by atoms with E-state index in [-0.39, 0.29) is 12.2 Å². The molecule has 2 heteroatoms. The van der Waals surface area contributed by atoms with Crippen molar-refractivity contribution in [3.63, 3.8) is 0 Å². The third kappa shape index (κ3) is 10.5. The van der Waals surface area contributed by atoms with Gasteiger partial charge in [-0.25, -0.2) is 0 Å². The molecule has 0 heterocycles. The number of rotatable bonds is 14. The third-order valence-electron chi connectivity index (χ3n) is 8.62. The van der Waals surface area contributed by atoms with Crippen molar-refractivity contribution < 1.29 is 9.47 Å². The molecule has 0 N–H and O–H groups in total. The van der Waals surface area contributed by atoms with Gasteiger partial charge in [0.25, 0.3) is 0 Å². The van der Waals surface area contributed by atoms with E-state index in [9.17, 15) is 0 Å². The van der Waals surface area contributed by atoms with Gasteiger partial charge in [0, 0.05) is 11.8 Å². The Morgan fingerprint density at radius 1 is 0.588 bits per heavy atom. The Labute approximate surface area is 214 Å². The van der Waals surface area contributed by atoms with Gasteiger partial charge in [0.2, 0.25) is 0 Å². The van der Waals surface area contributed by atoms with E-state index >= 15 is 0 Å². The smallest absolute Gasteiger partial charge is 0.174 e. The molecule has 0 amide bonds. The topological polar surface area (TPSA) is 18.5 Å². The summed E-state index contributed by atoms with van der Waals surface area (Å²) < 4.78 is 14.3. The molecule has 2 aliphatic carbocycles. The molecule has 0 spiro atoms. The molecule has 0 radical (unpaired) electrons. The standard InChI is InChI=1S/C32H62O2/c1-6-7-8-9-16-21-26-31(29-22-17-12-10-13-18-23-29)32(33-27(2)3,34-28(4)5)30-24-19-14-11-15-20-25-30/h27-31H,6-26H2,1-5H3. The lowest BCUT2D eigenvalue weighted by atomic mass is 9.69. The van der Waals surface area contributed by atoms with Gasteiger partial charge in [-0.3, -0.25) is 0 Å². The van der Waals surface area contributed by atoms with Crippen LogP contribution < -0.4 is 0 Å². The summed E-state index contributed by atoms with van der Waals surface area (Å²) in [6.07, 6.45) is 29.3. The molecule has 2 aliphatic rings. The van der Waals surface area contributed by atoms with E-state index < -0.39 is 5.79 Å². The average Bonchev–Trinajstić information content (AvgIpc) is 2.72. The lowest BCUT2D eigenvalue weighted by Crippen LogP contribution is -2.55. The van der Waals surface area contributed by atoms with Gasteiger partial charge in [0.05, 0.1) is 12.2 Å². The highest BCUT2D eigenvalue weighted by Gasteiger charge is 2.50. The van der Waals surface area contributed by atoms with Crippen molar-refractivity contribution in [2.24, 2.45) is 17.8 Å². The Morgan fingerprint density at radius 2 is 1.03 bits per heavy atom. The molecular formula is C32H62O2. The van der Waals surface area contributed by atoms with Crippen LogP contribution in [0.2, 0.25) is 0 Å². The minimum Gasteiger partial charge on any atom is -0.347 e. The van der Waals surface area contributed by atoms with Crippen LogP contribution in [0.4, 0.5) is 0 Å². The summed E-state index contributed by atoms with van der Waals surface area (Å²) in [5, 5.41) is 0. The molecule has 0 aromatic rings. The highest BCUT2D eigenvalue weighted by molar-refractivity contribution is 4.93. The van der Waals surface area contributed by atoms with Gasteiger partial charge in [-0.15, -0.1) is 0 Å². The second-order valence-corrected chi connectivity index (χ2v) is 12.4. The van der Waals surface area contributed by atoms with E-state index in [1.54, 1.807) is 0 Å². The summed E-state index contributed by atoms with van der Waals surface area (Å²) in [6.45, 7) is 11.3. The fraction of sp³-hybridized carbons (Fsp3) is 1.00. The first-order valence-corrected chi connectivity index (χ1v) is 15.8. The Morgan fingerprint density at radius 3 is 1.53 bits per heavy atom. The zero-order valence-electron chi connectivity index (χ0n) is 24.1. The summed E-state index contributed by atoms with van der Waals surface area (Å²) in [7, 11) is 0. The Balaban J connectivity index is 2.35. The van der Waals surface area contributed by atoms with Crippen molar-refractivity contribution in [2.75, 3.05) is 0 Å². The van der Waals surface area contributed by atoms with Gasteiger partial charge in [-0.05, 0) is 65.7 Å². The monoisotopic (exact) mass is 478 g/mol. The first kappa shape index (κ1) is 30.1. The summed E-state index contributed by atoms with van der Waals surface area (Å²) in [6, 6.07) is 0. The molecule has 0 saturated heterocycles. The molecule has 0 bridgehead atoms. The van der Waals surface area contributed by atoms with Crippen molar-refractivity contribution in [3.05, 3.63) is 0 Å². The third-order valence-corrected chi connectivity index (χ3v) is 8.62. The molecular weight excluding hydrogens is 416 g/mol. The second-order valence-electron chi connectivity index (χ2n) is 12.4. The van der Waals surface area contributed by atoms with E-state index in [0.717, 1.165) is 5.92 Å². The molecule has 34 heavy (non-hydrogen) atoms. The number of ether oxygens (including phenoxy) is 2. The minimum absolute atomic E-state index is 0.213. The maximum absolute atomic E-state index is 7.15. The Hall–Kier alpha value is -0.0800. The number of hydrogen-bond donors (Lipinski definition) is 0. The van der Waals surface area contributed by atoms with Gasteiger partial charge >= 0.3 is 0 Å². The van der Waals surface area contributed by atoms with Crippen LogP contribution in [-0.4, -0.2) is 18.0 Å². The normalized spacial score (nSPS) is 21.3. The second kappa shape index (κ2) is 17.4. The van der Waals surface area contributed by atoms with Crippen LogP contribution in [0.5, 0.6) is 0 Å². The van der Waals surface area contributed by atoms with Crippen molar-refractivity contribution in [1.29, 1.82) is 0 Å². The molecule has 2 nitrogen and oxygen atoms in total. The summed E-state index contributed by atoms with van der Waals surface area (Å²) in [5.74, 6) is 1.46. The molecule has 0 aliphatic heterocycles. The maximum atomic E-state index is 7.15. The first-order valence-electron chi connectivity index (χ1n) is 15.8. The van der Waals surface area contributed by atoms with E-state index in [1.807, 2.05) is 0 Å². The van der Waals surface area contributed by atoms with Crippen LogP contribution >= 0.6 is 0 Å². The lowest BCUT2D eigenvalue weighted by Gasteiger charge is -2.51. The summed E-state index contributed by atoms with van der Waals surface area (Å²) in [4.78, 5) is 0. The van der Waals surface area contributed by atoms with Crippen LogP contribution in [0.3, 0.4) is 0 Å². The first-order chi connectivity index (χ1) is 16.5. The van der Waals surface area contributed by atoms with E-state index in [4.69, 9.17) is 9.47 Å². The van der Waals surface area contributed by atoms with Gasteiger partial charge in [0.15, 0.2) is 5.79 Å². The van der Waals surface area contributed by atoms with Gasteiger partial charge in [-0.1, -0.05) is 110 Å². The average molecular weight is 479 g/mol. The van der Waals surface area contributed by atoms with Gasteiger partial charge < -0.3 is 9.47 Å². The van der Waals surface area contributed by atoms with Crippen LogP contribution in [0.25, 0.3) is 0 Å². The van der Waals surface area contributed by atoms with Gasteiger partial charge in [-0.2, -0.15) is 0 Å². The number of unbranched alkanes of at least 4 members (excludes halogenated alkanes) is 5. The Bertz CT molecular complexity index is 459. The van der Waals surface area contributed by atoms with Crippen molar-refractivity contribution in [1.82, 2.24) is 0 Å². The molecule has 1 atom stereocenters. The van der Waals surface area contributed by atoms with Crippen molar-refractivity contribution in [2.45, 2.75) is 187 Å². The molecule has 2 fully saturated rings. The highest BCUT2D eigenvalue weighted by atomic mass is 16.7. The quantitative estimate of drug-likeness (QED) is 0.182. The van der Waals surface area contributed by atoms with Gasteiger partial charge in [0.1, 0.15) is 0 Å². The zero-order chi connectivity index (χ0) is 24.7. The fourth-order valence-corrected chi connectivity index (χ4v) is 7.09. The van der Waals surface area contributed by atoms with Crippen molar-refractivity contribution >= 4 is 0 Å². The van der Waals surface area contributed by atoms with Crippen LogP contribution in [-0.2, 0) is 9.47 Å². The fourth-order valence-electron chi connectivity index (χ4n) is 7.09. The SMILES string of the molecule is CCCCCCCCC(C1CCCCCCC1)C(OC(C)C)(OC(C)C)C1CCCCCCC1. The molecule has 2 rings (SSSR count). The summed E-state index contributed by atoms with van der Waals surface area (Å²) >= 11 is 0. The lowest BCUT2D eigenvalue weighted by molar-refractivity contribution is -0.333.